The van der Waals surface area contributed by atoms with Crippen LogP contribution in [-0.2, 0) is 7.05 Å². The molecule has 1 fully saturated rings. The van der Waals surface area contributed by atoms with Crippen LogP contribution in [0.2, 0.25) is 0 Å². The van der Waals surface area contributed by atoms with E-state index in [1.54, 1.807) is 4.88 Å². The van der Waals surface area contributed by atoms with Crippen molar-refractivity contribution in [2.24, 2.45) is 7.05 Å². The molecule has 2 rings (SSSR count). The first-order chi connectivity index (χ1) is 4.86. The van der Waals surface area contributed by atoms with Gasteiger partial charge in [0.25, 0.3) is 0 Å². The van der Waals surface area contributed by atoms with Gasteiger partial charge in [-0.25, -0.2) is 0 Å². The maximum absolute atomic E-state index is 2.26. The topological polar surface area (TPSA) is 3.88 Å². The van der Waals surface area contributed by atoms with Crippen LogP contribution in [0.4, 0.5) is 0 Å². The fraction of sp³-hybridized carbons (Fsp3) is 0.625. The molecule has 10 heavy (non-hydrogen) atoms. The smallest absolute Gasteiger partial charge is 0.198 e. The van der Waals surface area contributed by atoms with Gasteiger partial charge in [0.05, 0.1) is 4.88 Å². The van der Waals surface area contributed by atoms with Crippen LogP contribution in [0.3, 0.4) is 0 Å². The quantitative estimate of drug-likeness (QED) is 0.543. The fourth-order valence-corrected chi connectivity index (χ4v) is 2.30. The lowest BCUT2D eigenvalue weighted by atomic mass is 9.85. The van der Waals surface area contributed by atoms with Crippen molar-refractivity contribution in [2.75, 3.05) is 0 Å². The Hall–Kier alpha value is -0.370. The van der Waals surface area contributed by atoms with Gasteiger partial charge in [0.15, 0.2) is 6.20 Å². The maximum atomic E-state index is 2.26. The van der Waals surface area contributed by atoms with E-state index in [2.05, 4.69) is 23.3 Å². The highest BCUT2D eigenvalue weighted by atomic mass is 32.1. The first kappa shape index (κ1) is 6.35. The molecule has 0 amide bonds. The summed E-state index contributed by atoms with van der Waals surface area (Å²) in [6, 6.07) is 0. The van der Waals surface area contributed by atoms with E-state index in [4.69, 9.17) is 0 Å². The van der Waals surface area contributed by atoms with Crippen LogP contribution in [0.15, 0.2) is 11.7 Å². The molecule has 54 valence electrons. The monoisotopic (exact) mass is 154 g/mol. The predicted molar refractivity (Wildman–Crippen MR) is 42.1 cm³/mol. The van der Waals surface area contributed by atoms with Crippen LogP contribution in [-0.4, -0.2) is 0 Å². The van der Waals surface area contributed by atoms with Gasteiger partial charge in [-0.15, -0.1) is 0 Å². The zero-order chi connectivity index (χ0) is 6.97. The van der Waals surface area contributed by atoms with E-state index in [0.717, 1.165) is 5.92 Å². The average molecular weight is 154 g/mol. The minimum Gasteiger partial charge on any atom is -0.198 e. The number of hydrogen-bond acceptors (Lipinski definition) is 1. The van der Waals surface area contributed by atoms with Crippen LogP contribution in [0.5, 0.6) is 0 Å². The Morgan fingerprint density at radius 3 is 2.80 bits per heavy atom. The standard InChI is InChI=1S/C8H12NS/c1-9-5-8(10-6-9)7-3-2-4-7/h5-7H,2-4H2,1H3/q+1. The molecule has 0 saturated heterocycles. The number of nitrogens with zero attached hydrogens (tertiary/aromatic N) is 1. The Balaban J connectivity index is 2.17. The second-order valence-corrected chi connectivity index (χ2v) is 3.97. The SMILES string of the molecule is C[n+]1csc(C2CCC2)c1. The second-order valence-electron chi connectivity index (χ2n) is 3.05. The van der Waals surface area contributed by atoms with E-state index < -0.39 is 0 Å². The van der Waals surface area contributed by atoms with Gasteiger partial charge in [-0.2, -0.15) is 4.57 Å². The van der Waals surface area contributed by atoms with E-state index in [1.165, 1.54) is 19.3 Å². The van der Waals surface area contributed by atoms with Crippen molar-refractivity contribution < 1.29 is 4.57 Å². The molecule has 0 aromatic carbocycles. The number of hydrogen-bond donors (Lipinski definition) is 0. The molecular weight excluding hydrogens is 142 g/mol. The molecule has 1 saturated carbocycles. The van der Waals surface area contributed by atoms with Crippen molar-refractivity contribution in [3.05, 3.63) is 16.6 Å². The zero-order valence-corrected chi connectivity index (χ0v) is 7.03. The van der Waals surface area contributed by atoms with E-state index in [0.29, 0.717) is 0 Å². The minimum absolute atomic E-state index is 0.909. The molecule has 0 unspecified atom stereocenters. The summed E-state index contributed by atoms with van der Waals surface area (Å²) in [7, 11) is 2.10. The zero-order valence-electron chi connectivity index (χ0n) is 6.21. The molecular formula is C8H12NS+. The van der Waals surface area contributed by atoms with E-state index in [1.807, 2.05) is 11.3 Å². The number of thiazole rings is 1. The van der Waals surface area contributed by atoms with Crippen molar-refractivity contribution in [1.82, 2.24) is 0 Å². The van der Waals surface area contributed by atoms with E-state index >= 15 is 0 Å². The van der Waals surface area contributed by atoms with Gasteiger partial charge >= 0.3 is 0 Å². The van der Waals surface area contributed by atoms with Gasteiger partial charge in [-0.1, -0.05) is 17.8 Å². The molecule has 1 aliphatic rings. The molecule has 0 radical (unpaired) electrons. The van der Waals surface area contributed by atoms with Gasteiger partial charge in [0.1, 0.15) is 7.05 Å². The summed E-state index contributed by atoms with van der Waals surface area (Å²) in [5.41, 5.74) is 2.17. The second kappa shape index (κ2) is 2.35. The Morgan fingerprint density at radius 1 is 1.60 bits per heavy atom. The van der Waals surface area contributed by atoms with Crippen molar-refractivity contribution >= 4 is 11.3 Å². The Bertz CT molecular complexity index is 225. The van der Waals surface area contributed by atoms with Gasteiger partial charge in [-0.05, 0) is 18.8 Å². The van der Waals surface area contributed by atoms with Crippen molar-refractivity contribution in [1.29, 1.82) is 0 Å². The Morgan fingerprint density at radius 2 is 2.40 bits per heavy atom. The molecule has 1 heterocycles. The molecule has 0 N–H and O–H groups in total. The lowest BCUT2D eigenvalue weighted by molar-refractivity contribution is -0.666. The predicted octanol–water partition coefficient (Wildman–Crippen LogP) is 1.84. The average Bonchev–Trinajstić information content (AvgIpc) is 2.10. The summed E-state index contributed by atoms with van der Waals surface area (Å²) < 4.78 is 2.15. The first-order valence-corrected chi connectivity index (χ1v) is 4.68. The van der Waals surface area contributed by atoms with Crippen LogP contribution >= 0.6 is 11.3 Å². The lowest BCUT2D eigenvalue weighted by Gasteiger charge is -2.22. The highest BCUT2D eigenvalue weighted by molar-refractivity contribution is 7.09. The van der Waals surface area contributed by atoms with Crippen LogP contribution < -0.4 is 4.57 Å². The number of aromatic nitrogens is 1. The Kier molecular flexibility index (Phi) is 1.49. The highest BCUT2D eigenvalue weighted by Crippen LogP contribution is 2.37. The lowest BCUT2D eigenvalue weighted by Crippen LogP contribution is -2.23. The molecule has 1 aromatic rings. The summed E-state index contributed by atoms with van der Waals surface area (Å²) in [6.45, 7) is 0. The van der Waals surface area contributed by atoms with Gasteiger partial charge in [0.2, 0.25) is 5.51 Å². The summed E-state index contributed by atoms with van der Waals surface area (Å²) in [5.74, 6) is 0.909. The minimum atomic E-state index is 0.909. The molecule has 0 bridgehead atoms. The van der Waals surface area contributed by atoms with Crippen LogP contribution in [0.25, 0.3) is 0 Å². The number of aryl methyl sites for hydroxylation is 1. The third kappa shape index (κ3) is 0.966. The van der Waals surface area contributed by atoms with Gasteiger partial charge in [0, 0.05) is 0 Å². The van der Waals surface area contributed by atoms with Crippen molar-refractivity contribution in [2.45, 2.75) is 25.2 Å². The fourth-order valence-electron chi connectivity index (χ4n) is 1.30. The van der Waals surface area contributed by atoms with Crippen LogP contribution in [0, 0.1) is 0 Å². The summed E-state index contributed by atoms with van der Waals surface area (Å²) in [6.07, 6.45) is 6.53. The maximum Gasteiger partial charge on any atom is 0.224 e. The molecule has 1 aliphatic carbocycles. The highest BCUT2D eigenvalue weighted by Gasteiger charge is 2.22. The van der Waals surface area contributed by atoms with Crippen molar-refractivity contribution in [3.8, 4) is 0 Å². The van der Waals surface area contributed by atoms with E-state index in [9.17, 15) is 0 Å². The molecule has 0 atom stereocenters. The molecule has 0 spiro atoms. The molecule has 1 nitrogen and oxygen atoms in total. The molecule has 1 aromatic heterocycles. The third-order valence-corrected chi connectivity index (χ3v) is 3.34. The Labute approximate surface area is 65.3 Å². The van der Waals surface area contributed by atoms with Crippen LogP contribution in [0.1, 0.15) is 30.1 Å². The normalized spacial score (nSPS) is 18.9. The van der Waals surface area contributed by atoms with Gasteiger partial charge < -0.3 is 0 Å². The van der Waals surface area contributed by atoms with Gasteiger partial charge in [-0.3, -0.25) is 0 Å². The molecule has 2 heteroatoms. The largest absolute Gasteiger partial charge is 0.224 e. The number of rotatable bonds is 1. The summed E-state index contributed by atoms with van der Waals surface area (Å²) >= 11 is 1.90. The first-order valence-electron chi connectivity index (χ1n) is 3.80. The van der Waals surface area contributed by atoms with Crippen molar-refractivity contribution in [3.63, 3.8) is 0 Å². The molecule has 0 aliphatic heterocycles. The summed E-state index contributed by atoms with van der Waals surface area (Å²) in [5, 5.41) is 0. The van der Waals surface area contributed by atoms with E-state index in [-0.39, 0.29) is 0 Å². The summed E-state index contributed by atoms with van der Waals surface area (Å²) in [4.78, 5) is 1.58. The third-order valence-electron chi connectivity index (χ3n) is 2.19.